The minimum absolute atomic E-state index is 0.0895. The first kappa shape index (κ1) is 12.9. The second kappa shape index (κ2) is 4.59. The van der Waals surface area contributed by atoms with E-state index in [-0.39, 0.29) is 17.9 Å². The number of halogens is 1. The van der Waals surface area contributed by atoms with Crippen molar-refractivity contribution in [3.05, 3.63) is 28.8 Å². The van der Waals surface area contributed by atoms with Crippen LogP contribution >= 0.6 is 11.6 Å². The van der Waals surface area contributed by atoms with Crippen LogP contribution in [0.15, 0.2) is 18.2 Å². The number of Topliss-reactive ketones (excluding diaryl/α,β-unsaturated/α-hetero) is 1. The monoisotopic (exact) mass is 270 g/mol. The average Bonchev–Trinajstić information content (AvgIpc) is 2.30. The fourth-order valence-electron chi connectivity index (χ4n) is 1.70. The summed E-state index contributed by atoms with van der Waals surface area (Å²) in [4.78, 5) is 23.4. The van der Waals surface area contributed by atoms with E-state index in [1.54, 1.807) is 6.92 Å². The van der Waals surface area contributed by atoms with E-state index in [0.717, 1.165) is 0 Å². The maximum Gasteiger partial charge on any atom is 0.380 e. The third-order valence-corrected chi connectivity index (χ3v) is 2.75. The molecule has 1 aromatic rings. The third kappa shape index (κ3) is 2.19. The molecule has 1 N–H and O–H groups in total. The van der Waals surface area contributed by atoms with Crippen molar-refractivity contribution in [2.45, 2.75) is 19.1 Å². The van der Waals surface area contributed by atoms with Gasteiger partial charge in [-0.2, -0.15) is 0 Å². The Morgan fingerprint density at radius 1 is 1.61 bits per heavy atom. The summed E-state index contributed by atoms with van der Waals surface area (Å²) in [7, 11) is 0. The Morgan fingerprint density at radius 3 is 3.00 bits per heavy atom. The molecule has 0 saturated heterocycles. The highest BCUT2D eigenvalue weighted by atomic mass is 35.5. The van der Waals surface area contributed by atoms with Gasteiger partial charge >= 0.3 is 11.8 Å². The quantitative estimate of drug-likeness (QED) is 0.826. The Balaban J connectivity index is 2.36. The summed E-state index contributed by atoms with van der Waals surface area (Å²) < 4.78 is 9.84. The molecular weight excluding hydrogens is 260 g/mol. The van der Waals surface area contributed by atoms with E-state index in [1.807, 2.05) is 0 Å². The number of ketones is 1. The predicted octanol–water partition coefficient (Wildman–Crippen LogP) is 1.56. The van der Waals surface area contributed by atoms with Gasteiger partial charge in [-0.05, 0) is 25.1 Å². The number of hydrogen-bond donors (Lipinski definition) is 1. The van der Waals surface area contributed by atoms with Gasteiger partial charge in [0.15, 0.2) is 5.78 Å². The molecule has 6 heteroatoms. The summed E-state index contributed by atoms with van der Waals surface area (Å²) in [5, 5.41) is 10.4. The van der Waals surface area contributed by atoms with E-state index < -0.39 is 24.0 Å². The van der Waals surface area contributed by atoms with Crippen molar-refractivity contribution in [3.8, 4) is 5.75 Å². The molecule has 1 heterocycles. The van der Waals surface area contributed by atoms with Crippen LogP contribution in [-0.2, 0) is 9.53 Å². The van der Waals surface area contributed by atoms with E-state index in [1.165, 1.54) is 18.2 Å². The first-order chi connectivity index (χ1) is 8.46. The summed E-state index contributed by atoms with van der Waals surface area (Å²) in [5.74, 6) is -3.53. The SMILES string of the molecule is CCOC(=O)[C@@]1(O)CC(=O)c2cc(Cl)ccc2O1. The summed E-state index contributed by atoms with van der Waals surface area (Å²) >= 11 is 5.76. The Morgan fingerprint density at radius 2 is 2.33 bits per heavy atom. The maximum absolute atomic E-state index is 11.9. The van der Waals surface area contributed by atoms with Crippen LogP contribution in [0.25, 0.3) is 0 Å². The normalized spacial score (nSPS) is 22.1. The maximum atomic E-state index is 11.9. The molecule has 0 fully saturated rings. The lowest BCUT2D eigenvalue weighted by atomic mass is 9.98. The van der Waals surface area contributed by atoms with Crippen molar-refractivity contribution in [2.24, 2.45) is 0 Å². The third-order valence-electron chi connectivity index (χ3n) is 2.52. The Labute approximate surface area is 108 Å². The number of hydrogen-bond acceptors (Lipinski definition) is 5. The first-order valence-electron chi connectivity index (χ1n) is 5.37. The van der Waals surface area contributed by atoms with Crippen molar-refractivity contribution >= 4 is 23.4 Å². The Hall–Kier alpha value is -1.59. The number of ether oxygens (including phenoxy) is 2. The fourth-order valence-corrected chi connectivity index (χ4v) is 1.87. The number of benzene rings is 1. The Kier molecular flexibility index (Phi) is 3.28. The van der Waals surface area contributed by atoms with Crippen LogP contribution in [0.2, 0.25) is 5.02 Å². The van der Waals surface area contributed by atoms with Crippen LogP contribution < -0.4 is 4.74 Å². The molecule has 0 saturated carbocycles. The van der Waals surface area contributed by atoms with Gasteiger partial charge in [0.25, 0.3) is 0 Å². The highest BCUT2D eigenvalue weighted by Gasteiger charge is 2.47. The molecule has 1 aromatic carbocycles. The highest BCUT2D eigenvalue weighted by molar-refractivity contribution is 6.31. The standard InChI is InChI=1S/C12H11ClO5/c1-2-17-11(15)12(16)6-9(14)8-5-7(13)3-4-10(8)18-12/h3-5,16H,2,6H2,1H3/t12-/m1/s1. The molecule has 0 unspecified atom stereocenters. The molecule has 1 aliphatic heterocycles. The summed E-state index contributed by atoms with van der Waals surface area (Å²) in [6.07, 6.45) is -0.487. The van der Waals surface area contributed by atoms with Crippen LogP contribution in [-0.4, -0.2) is 29.3 Å². The molecule has 96 valence electrons. The van der Waals surface area contributed by atoms with Crippen LogP contribution in [0.1, 0.15) is 23.7 Å². The molecule has 2 rings (SSSR count). The number of rotatable bonds is 2. The van der Waals surface area contributed by atoms with Crippen molar-refractivity contribution < 1.29 is 24.2 Å². The molecule has 0 aromatic heterocycles. The van der Waals surface area contributed by atoms with E-state index in [4.69, 9.17) is 16.3 Å². The molecule has 18 heavy (non-hydrogen) atoms. The van der Waals surface area contributed by atoms with Gasteiger partial charge in [-0.15, -0.1) is 0 Å². The lowest BCUT2D eigenvalue weighted by molar-refractivity contribution is -0.200. The molecule has 0 amide bonds. The van der Waals surface area contributed by atoms with E-state index in [2.05, 4.69) is 4.74 Å². The van der Waals surface area contributed by atoms with Gasteiger partial charge in [0, 0.05) is 5.02 Å². The predicted molar refractivity (Wildman–Crippen MR) is 62.6 cm³/mol. The van der Waals surface area contributed by atoms with Gasteiger partial charge in [-0.1, -0.05) is 11.6 Å². The average molecular weight is 271 g/mol. The molecular formula is C12H11ClO5. The van der Waals surface area contributed by atoms with Gasteiger partial charge in [0.05, 0.1) is 18.6 Å². The molecule has 0 radical (unpaired) electrons. The van der Waals surface area contributed by atoms with E-state index in [0.29, 0.717) is 5.02 Å². The van der Waals surface area contributed by atoms with E-state index >= 15 is 0 Å². The minimum Gasteiger partial charge on any atom is -0.461 e. The lowest BCUT2D eigenvalue weighted by Crippen LogP contribution is -2.50. The van der Waals surface area contributed by atoms with Crippen LogP contribution in [0.4, 0.5) is 0 Å². The van der Waals surface area contributed by atoms with Crippen molar-refractivity contribution in [2.75, 3.05) is 6.61 Å². The van der Waals surface area contributed by atoms with Crippen molar-refractivity contribution in [1.29, 1.82) is 0 Å². The zero-order valence-corrected chi connectivity index (χ0v) is 10.4. The number of carbonyl (C=O) groups excluding carboxylic acids is 2. The molecule has 1 atom stereocenters. The molecule has 0 spiro atoms. The zero-order chi connectivity index (χ0) is 13.3. The topological polar surface area (TPSA) is 72.8 Å². The zero-order valence-electron chi connectivity index (χ0n) is 9.60. The van der Waals surface area contributed by atoms with Gasteiger partial charge in [-0.25, -0.2) is 4.79 Å². The number of carbonyl (C=O) groups is 2. The smallest absolute Gasteiger partial charge is 0.380 e. The largest absolute Gasteiger partial charge is 0.461 e. The van der Waals surface area contributed by atoms with Crippen molar-refractivity contribution in [1.82, 2.24) is 0 Å². The van der Waals surface area contributed by atoms with Gasteiger partial charge in [0.1, 0.15) is 5.75 Å². The molecule has 0 aliphatic carbocycles. The summed E-state index contributed by atoms with van der Waals surface area (Å²) in [6.45, 7) is 1.69. The summed E-state index contributed by atoms with van der Waals surface area (Å²) in [5.41, 5.74) is 0.247. The summed E-state index contributed by atoms with van der Waals surface area (Å²) in [6, 6.07) is 4.37. The molecule has 5 nitrogen and oxygen atoms in total. The number of esters is 1. The van der Waals surface area contributed by atoms with Gasteiger partial charge < -0.3 is 14.6 Å². The number of aliphatic hydroxyl groups is 1. The fraction of sp³-hybridized carbons (Fsp3) is 0.333. The molecule has 0 bridgehead atoms. The van der Waals surface area contributed by atoms with Crippen LogP contribution in [0.5, 0.6) is 5.75 Å². The van der Waals surface area contributed by atoms with Crippen molar-refractivity contribution in [3.63, 3.8) is 0 Å². The highest BCUT2D eigenvalue weighted by Crippen LogP contribution is 2.34. The van der Waals surface area contributed by atoms with Crippen LogP contribution in [0, 0.1) is 0 Å². The van der Waals surface area contributed by atoms with Gasteiger partial charge in [-0.3, -0.25) is 4.79 Å². The minimum atomic E-state index is -2.26. The van der Waals surface area contributed by atoms with Gasteiger partial charge in [0.2, 0.25) is 0 Å². The van der Waals surface area contributed by atoms with E-state index in [9.17, 15) is 14.7 Å². The second-order valence-electron chi connectivity index (χ2n) is 3.85. The van der Waals surface area contributed by atoms with Crippen LogP contribution in [0.3, 0.4) is 0 Å². The number of fused-ring (bicyclic) bond motifs is 1. The lowest BCUT2D eigenvalue weighted by Gasteiger charge is -2.30. The molecule has 1 aliphatic rings. The second-order valence-corrected chi connectivity index (χ2v) is 4.28. The first-order valence-corrected chi connectivity index (χ1v) is 5.75. The Bertz CT molecular complexity index is 513.